The predicted molar refractivity (Wildman–Crippen MR) is 95.9 cm³/mol. The Morgan fingerprint density at radius 3 is 2.83 bits per heavy atom. The fourth-order valence-corrected chi connectivity index (χ4v) is 4.11. The minimum absolute atomic E-state index is 0.0488. The summed E-state index contributed by atoms with van der Waals surface area (Å²) >= 11 is 1.81. The lowest BCUT2D eigenvalue weighted by Crippen LogP contribution is -2.45. The van der Waals surface area contributed by atoms with Crippen LogP contribution in [0.15, 0.2) is 35.7 Å². The van der Waals surface area contributed by atoms with Crippen molar-refractivity contribution >= 4 is 17.2 Å². The van der Waals surface area contributed by atoms with E-state index in [-0.39, 0.29) is 11.9 Å². The van der Waals surface area contributed by atoms with Gasteiger partial charge in [-0.3, -0.25) is 4.79 Å². The summed E-state index contributed by atoms with van der Waals surface area (Å²) in [6.07, 6.45) is 0.961. The number of nitrogens with one attached hydrogen (secondary N) is 1. The number of thiophene rings is 1. The highest BCUT2D eigenvalue weighted by Crippen LogP contribution is 2.38. The van der Waals surface area contributed by atoms with Crippen LogP contribution < -0.4 is 5.32 Å². The standard InChI is InChI=1S/C19H24N2OS/c1-13(2)20-12-18(22)21-10-8-17-16(9-11-23-17)19(21)15-7-5-4-6-14(15)3/h4-7,9,11,13,19-20H,8,10,12H2,1-3H3/t19-/m1/s1. The van der Waals surface area contributed by atoms with Gasteiger partial charge in [-0.25, -0.2) is 0 Å². The van der Waals surface area contributed by atoms with Gasteiger partial charge in [-0.15, -0.1) is 11.3 Å². The maximum Gasteiger partial charge on any atom is 0.237 e. The highest BCUT2D eigenvalue weighted by Gasteiger charge is 2.33. The van der Waals surface area contributed by atoms with Crippen LogP contribution in [0.25, 0.3) is 0 Å². The zero-order chi connectivity index (χ0) is 16.4. The number of carbonyl (C=O) groups is 1. The Balaban J connectivity index is 1.96. The third-order valence-electron chi connectivity index (χ3n) is 4.43. The smallest absolute Gasteiger partial charge is 0.237 e. The van der Waals surface area contributed by atoms with Crippen molar-refractivity contribution in [1.82, 2.24) is 10.2 Å². The lowest BCUT2D eigenvalue weighted by Gasteiger charge is -2.37. The molecule has 23 heavy (non-hydrogen) atoms. The van der Waals surface area contributed by atoms with Crippen LogP contribution in [0.1, 0.15) is 41.5 Å². The molecule has 0 unspecified atom stereocenters. The van der Waals surface area contributed by atoms with E-state index in [2.05, 4.69) is 61.8 Å². The number of benzene rings is 1. The molecule has 0 saturated heterocycles. The van der Waals surface area contributed by atoms with E-state index in [1.54, 1.807) is 0 Å². The molecule has 122 valence electrons. The molecule has 2 aromatic rings. The Morgan fingerprint density at radius 1 is 1.30 bits per heavy atom. The van der Waals surface area contributed by atoms with E-state index < -0.39 is 0 Å². The molecule has 0 saturated carbocycles. The van der Waals surface area contributed by atoms with Gasteiger partial charge in [0.2, 0.25) is 5.91 Å². The van der Waals surface area contributed by atoms with Crippen molar-refractivity contribution in [3.8, 4) is 0 Å². The van der Waals surface area contributed by atoms with Gasteiger partial charge < -0.3 is 10.2 Å². The third kappa shape index (κ3) is 3.33. The SMILES string of the molecule is Cc1ccccc1[C@@H]1c2ccsc2CCN1C(=O)CNC(C)C. The lowest BCUT2D eigenvalue weighted by atomic mass is 9.90. The number of aryl methyl sites for hydroxylation is 1. The first kappa shape index (κ1) is 16.2. The number of fused-ring (bicyclic) bond motifs is 1. The van der Waals surface area contributed by atoms with Gasteiger partial charge in [-0.2, -0.15) is 0 Å². The van der Waals surface area contributed by atoms with Gasteiger partial charge in [-0.1, -0.05) is 38.1 Å². The summed E-state index contributed by atoms with van der Waals surface area (Å²) in [4.78, 5) is 16.3. The predicted octanol–water partition coefficient (Wildman–Crippen LogP) is 3.53. The maximum atomic E-state index is 12.8. The lowest BCUT2D eigenvalue weighted by molar-refractivity contribution is -0.132. The number of rotatable bonds is 4. The van der Waals surface area contributed by atoms with Gasteiger partial charge in [0.05, 0.1) is 12.6 Å². The maximum absolute atomic E-state index is 12.8. The van der Waals surface area contributed by atoms with E-state index in [4.69, 9.17) is 0 Å². The summed E-state index contributed by atoms with van der Waals surface area (Å²) in [6, 6.07) is 11.0. The molecule has 4 heteroatoms. The molecule has 1 aromatic heterocycles. The van der Waals surface area contributed by atoms with Gasteiger partial charge in [-0.05, 0) is 41.5 Å². The Labute approximate surface area is 142 Å². The molecule has 0 bridgehead atoms. The normalized spacial score (nSPS) is 17.4. The van der Waals surface area contributed by atoms with Crippen LogP contribution >= 0.6 is 11.3 Å². The fourth-order valence-electron chi connectivity index (χ4n) is 3.21. The molecule has 0 fully saturated rings. The molecule has 0 aliphatic carbocycles. The topological polar surface area (TPSA) is 32.3 Å². The third-order valence-corrected chi connectivity index (χ3v) is 5.43. The summed E-state index contributed by atoms with van der Waals surface area (Å²) in [5.41, 5.74) is 3.78. The molecular formula is C19H24N2OS. The van der Waals surface area contributed by atoms with Crippen molar-refractivity contribution in [3.63, 3.8) is 0 Å². The van der Waals surface area contributed by atoms with E-state index >= 15 is 0 Å². The summed E-state index contributed by atoms with van der Waals surface area (Å²) < 4.78 is 0. The quantitative estimate of drug-likeness (QED) is 0.931. The van der Waals surface area contributed by atoms with E-state index in [0.717, 1.165) is 13.0 Å². The Hall–Kier alpha value is -1.65. The van der Waals surface area contributed by atoms with Gasteiger partial charge in [0.1, 0.15) is 0 Å². The van der Waals surface area contributed by atoms with Crippen LogP contribution in [0.5, 0.6) is 0 Å². The largest absolute Gasteiger partial charge is 0.330 e. The van der Waals surface area contributed by atoms with Gasteiger partial charge in [0, 0.05) is 17.5 Å². The van der Waals surface area contributed by atoms with Crippen LogP contribution in [0.4, 0.5) is 0 Å². The first-order chi connectivity index (χ1) is 11.1. The van der Waals surface area contributed by atoms with Crippen molar-refractivity contribution in [2.24, 2.45) is 0 Å². The Bertz CT molecular complexity index is 692. The van der Waals surface area contributed by atoms with Crippen LogP contribution in [0, 0.1) is 6.92 Å². The minimum atomic E-state index is 0.0488. The van der Waals surface area contributed by atoms with Crippen molar-refractivity contribution < 1.29 is 4.79 Å². The highest BCUT2D eigenvalue weighted by molar-refractivity contribution is 7.10. The molecule has 1 atom stereocenters. The second-order valence-electron chi connectivity index (χ2n) is 6.43. The summed E-state index contributed by atoms with van der Waals surface area (Å²) in [5, 5.41) is 5.41. The molecule has 3 rings (SSSR count). The molecule has 1 aliphatic rings. The number of nitrogens with zero attached hydrogens (tertiary/aromatic N) is 1. The molecule has 1 aromatic carbocycles. The molecule has 3 nitrogen and oxygen atoms in total. The van der Waals surface area contributed by atoms with Crippen molar-refractivity contribution in [3.05, 3.63) is 57.3 Å². The Kier molecular flexibility index (Phi) is 4.83. The van der Waals surface area contributed by atoms with Crippen LogP contribution in [0.2, 0.25) is 0 Å². The van der Waals surface area contributed by atoms with E-state index in [9.17, 15) is 4.79 Å². The van der Waals surface area contributed by atoms with Gasteiger partial charge >= 0.3 is 0 Å². The van der Waals surface area contributed by atoms with Gasteiger partial charge in [0.15, 0.2) is 0 Å². The molecular weight excluding hydrogens is 304 g/mol. The first-order valence-corrected chi connectivity index (χ1v) is 9.10. The minimum Gasteiger partial charge on any atom is -0.330 e. The van der Waals surface area contributed by atoms with Gasteiger partial charge in [0.25, 0.3) is 0 Å². The van der Waals surface area contributed by atoms with Crippen LogP contribution in [0.3, 0.4) is 0 Å². The zero-order valence-corrected chi connectivity index (χ0v) is 14.8. The van der Waals surface area contributed by atoms with Crippen molar-refractivity contribution in [1.29, 1.82) is 0 Å². The first-order valence-electron chi connectivity index (χ1n) is 8.22. The number of carbonyl (C=O) groups excluding carboxylic acids is 1. The molecule has 0 spiro atoms. The number of hydrogen-bond donors (Lipinski definition) is 1. The molecule has 2 heterocycles. The average molecular weight is 328 g/mol. The molecule has 1 N–H and O–H groups in total. The highest BCUT2D eigenvalue weighted by atomic mass is 32.1. The molecule has 0 radical (unpaired) electrons. The van der Waals surface area contributed by atoms with Crippen LogP contribution in [-0.4, -0.2) is 29.9 Å². The fraction of sp³-hybridized carbons (Fsp3) is 0.421. The zero-order valence-electron chi connectivity index (χ0n) is 14.0. The summed E-state index contributed by atoms with van der Waals surface area (Å²) in [5.74, 6) is 0.184. The second kappa shape index (κ2) is 6.85. The summed E-state index contributed by atoms with van der Waals surface area (Å²) in [7, 11) is 0. The van der Waals surface area contributed by atoms with Crippen molar-refractivity contribution in [2.45, 2.75) is 39.3 Å². The molecule has 1 aliphatic heterocycles. The second-order valence-corrected chi connectivity index (χ2v) is 7.43. The van der Waals surface area contributed by atoms with Crippen molar-refractivity contribution in [2.75, 3.05) is 13.1 Å². The monoisotopic (exact) mass is 328 g/mol. The van der Waals surface area contributed by atoms with E-state index in [1.807, 2.05) is 16.2 Å². The number of amides is 1. The summed E-state index contributed by atoms with van der Waals surface area (Å²) in [6.45, 7) is 7.47. The molecule has 1 amide bonds. The average Bonchev–Trinajstić information content (AvgIpc) is 3.01. The van der Waals surface area contributed by atoms with E-state index in [1.165, 1.54) is 21.6 Å². The van der Waals surface area contributed by atoms with Crippen LogP contribution in [-0.2, 0) is 11.2 Å². The Morgan fingerprint density at radius 2 is 2.09 bits per heavy atom. The van der Waals surface area contributed by atoms with E-state index in [0.29, 0.717) is 12.6 Å². The number of hydrogen-bond acceptors (Lipinski definition) is 3.